The zero-order chi connectivity index (χ0) is 13.7. The Bertz CT molecular complexity index is 511. The van der Waals surface area contributed by atoms with Crippen molar-refractivity contribution in [3.63, 3.8) is 0 Å². The fourth-order valence-corrected chi connectivity index (χ4v) is 2.08. The minimum absolute atomic E-state index is 0.161. The van der Waals surface area contributed by atoms with Crippen molar-refractivity contribution >= 4 is 0 Å². The maximum atomic E-state index is 13.8. The molecule has 0 saturated carbocycles. The number of hydrogen-bond donors (Lipinski definition) is 1. The van der Waals surface area contributed by atoms with Crippen LogP contribution >= 0.6 is 0 Å². The lowest BCUT2D eigenvalue weighted by atomic mass is 10.1. The van der Waals surface area contributed by atoms with Crippen LogP contribution in [0.25, 0.3) is 0 Å². The van der Waals surface area contributed by atoms with E-state index in [-0.39, 0.29) is 5.82 Å². The van der Waals surface area contributed by atoms with E-state index < -0.39 is 0 Å². The summed E-state index contributed by atoms with van der Waals surface area (Å²) in [6, 6.07) is 9.02. The molecule has 1 heterocycles. The largest absolute Gasteiger partial charge is 0.468 e. The Kier molecular flexibility index (Phi) is 4.71. The Hall–Kier alpha value is -1.65. The van der Waals surface area contributed by atoms with Crippen molar-refractivity contribution in [3.8, 4) is 0 Å². The third kappa shape index (κ3) is 3.91. The molecule has 1 aromatic heterocycles. The van der Waals surface area contributed by atoms with Crippen LogP contribution in [0.2, 0.25) is 0 Å². The van der Waals surface area contributed by atoms with Crippen LogP contribution in [0.15, 0.2) is 41.0 Å². The van der Waals surface area contributed by atoms with Gasteiger partial charge in [-0.25, -0.2) is 4.39 Å². The summed E-state index contributed by atoms with van der Waals surface area (Å²) in [5.74, 6) is 0.723. The van der Waals surface area contributed by atoms with Gasteiger partial charge in [-0.05, 0) is 37.9 Å². The van der Waals surface area contributed by atoms with E-state index in [1.54, 1.807) is 6.26 Å². The van der Waals surface area contributed by atoms with E-state index in [9.17, 15) is 4.39 Å². The van der Waals surface area contributed by atoms with Crippen molar-refractivity contribution in [3.05, 3.63) is 59.3 Å². The van der Waals surface area contributed by atoms with Gasteiger partial charge in [0.25, 0.3) is 0 Å². The van der Waals surface area contributed by atoms with Crippen LogP contribution < -0.4 is 5.32 Å². The van der Waals surface area contributed by atoms with Gasteiger partial charge in [0.1, 0.15) is 11.6 Å². The predicted molar refractivity (Wildman–Crippen MR) is 73.0 cm³/mol. The first-order valence-electron chi connectivity index (χ1n) is 6.32. The van der Waals surface area contributed by atoms with Gasteiger partial charge in [-0.15, -0.1) is 0 Å². The Morgan fingerprint density at radius 1 is 1.26 bits per heavy atom. The van der Waals surface area contributed by atoms with Gasteiger partial charge >= 0.3 is 0 Å². The molecule has 0 aliphatic carbocycles. The van der Waals surface area contributed by atoms with E-state index in [1.807, 2.05) is 43.3 Å². The van der Waals surface area contributed by atoms with Gasteiger partial charge in [0, 0.05) is 18.7 Å². The summed E-state index contributed by atoms with van der Waals surface area (Å²) in [6.45, 7) is 1.97. The minimum Gasteiger partial charge on any atom is -0.468 e. The molecular formula is C15H19FN2O. The molecule has 0 fully saturated rings. The molecule has 0 bridgehead atoms. The second-order valence-corrected chi connectivity index (χ2v) is 4.71. The Balaban J connectivity index is 2.02. The Morgan fingerprint density at radius 3 is 2.79 bits per heavy atom. The summed E-state index contributed by atoms with van der Waals surface area (Å²) in [6.07, 6.45) is 1.65. The summed E-state index contributed by atoms with van der Waals surface area (Å²) >= 11 is 0. The molecule has 0 spiro atoms. The average molecular weight is 262 g/mol. The molecule has 1 N–H and O–H groups in total. The fourth-order valence-electron chi connectivity index (χ4n) is 2.08. The molecule has 0 radical (unpaired) electrons. The normalized spacial score (nSPS) is 11.2. The SMILES string of the molecule is CNCc1ccc(F)c(CN(C)Cc2ccco2)c1. The summed E-state index contributed by atoms with van der Waals surface area (Å²) < 4.78 is 19.1. The van der Waals surface area contributed by atoms with Crippen molar-refractivity contribution in [1.29, 1.82) is 0 Å². The van der Waals surface area contributed by atoms with Gasteiger partial charge in [-0.3, -0.25) is 4.90 Å². The van der Waals surface area contributed by atoms with Crippen LogP contribution in [0.1, 0.15) is 16.9 Å². The van der Waals surface area contributed by atoms with Crippen molar-refractivity contribution in [2.24, 2.45) is 0 Å². The molecule has 0 unspecified atom stereocenters. The lowest BCUT2D eigenvalue weighted by molar-refractivity contribution is 0.284. The quantitative estimate of drug-likeness (QED) is 0.867. The number of rotatable bonds is 6. The Labute approximate surface area is 113 Å². The molecule has 0 amide bonds. The van der Waals surface area contributed by atoms with Gasteiger partial charge in [-0.1, -0.05) is 12.1 Å². The number of nitrogens with one attached hydrogen (secondary N) is 1. The highest BCUT2D eigenvalue weighted by molar-refractivity contribution is 5.25. The fraction of sp³-hybridized carbons (Fsp3) is 0.333. The molecule has 4 heteroatoms. The topological polar surface area (TPSA) is 28.4 Å². The van der Waals surface area contributed by atoms with Gasteiger partial charge in [-0.2, -0.15) is 0 Å². The van der Waals surface area contributed by atoms with E-state index in [0.717, 1.165) is 17.9 Å². The lowest BCUT2D eigenvalue weighted by Gasteiger charge is -2.16. The number of benzene rings is 1. The van der Waals surface area contributed by atoms with Gasteiger partial charge < -0.3 is 9.73 Å². The zero-order valence-corrected chi connectivity index (χ0v) is 11.3. The standard InChI is InChI=1S/C15H19FN2O/c1-17-9-12-5-6-15(16)13(8-12)10-18(2)11-14-4-3-7-19-14/h3-8,17H,9-11H2,1-2H3. The van der Waals surface area contributed by atoms with Gasteiger partial charge in [0.15, 0.2) is 0 Å². The molecule has 102 valence electrons. The molecule has 2 rings (SSSR count). The maximum Gasteiger partial charge on any atom is 0.127 e. The zero-order valence-electron chi connectivity index (χ0n) is 11.3. The van der Waals surface area contributed by atoms with E-state index in [2.05, 4.69) is 5.32 Å². The van der Waals surface area contributed by atoms with Crippen LogP contribution in [-0.2, 0) is 19.6 Å². The molecule has 0 atom stereocenters. The highest BCUT2D eigenvalue weighted by atomic mass is 19.1. The third-order valence-corrected chi connectivity index (χ3v) is 2.94. The first kappa shape index (κ1) is 13.8. The first-order chi connectivity index (χ1) is 9.19. The first-order valence-corrected chi connectivity index (χ1v) is 6.32. The van der Waals surface area contributed by atoms with Crippen molar-refractivity contribution < 1.29 is 8.81 Å². The highest BCUT2D eigenvalue weighted by Gasteiger charge is 2.08. The van der Waals surface area contributed by atoms with E-state index in [1.165, 1.54) is 6.07 Å². The molecule has 0 aliphatic heterocycles. The van der Waals surface area contributed by atoms with Crippen molar-refractivity contribution in [2.75, 3.05) is 14.1 Å². The van der Waals surface area contributed by atoms with Crippen molar-refractivity contribution in [2.45, 2.75) is 19.6 Å². The molecule has 0 saturated heterocycles. The predicted octanol–water partition coefficient (Wildman–Crippen LogP) is 2.77. The van der Waals surface area contributed by atoms with E-state index in [4.69, 9.17) is 4.42 Å². The van der Waals surface area contributed by atoms with E-state index in [0.29, 0.717) is 18.7 Å². The van der Waals surface area contributed by atoms with Crippen LogP contribution in [0, 0.1) is 5.82 Å². The van der Waals surface area contributed by atoms with Crippen LogP contribution in [0.4, 0.5) is 4.39 Å². The number of hydrogen-bond acceptors (Lipinski definition) is 3. The molecule has 3 nitrogen and oxygen atoms in total. The molecule has 19 heavy (non-hydrogen) atoms. The smallest absolute Gasteiger partial charge is 0.127 e. The maximum absolute atomic E-state index is 13.8. The average Bonchev–Trinajstić information content (AvgIpc) is 2.86. The minimum atomic E-state index is -0.161. The van der Waals surface area contributed by atoms with Gasteiger partial charge in [0.2, 0.25) is 0 Å². The molecular weight excluding hydrogens is 243 g/mol. The summed E-state index contributed by atoms with van der Waals surface area (Å²) in [4.78, 5) is 2.03. The monoisotopic (exact) mass is 262 g/mol. The van der Waals surface area contributed by atoms with Crippen LogP contribution in [0.5, 0.6) is 0 Å². The Morgan fingerprint density at radius 2 is 2.11 bits per heavy atom. The third-order valence-electron chi connectivity index (χ3n) is 2.94. The van der Waals surface area contributed by atoms with E-state index >= 15 is 0 Å². The number of nitrogens with zero attached hydrogens (tertiary/aromatic N) is 1. The summed E-state index contributed by atoms with van der Waals surface area (Å²) in [5, 5.41) is 3.07. The molecule has 0 aliphatic rings. The number of furan rings is 1. The summed E-state index contributed by atoms with van der Waals surface area (Å²) in [5.41, 5.74) is 1.80. The van der Waals surface area contributed by atoms with Crippen LogP contribution in [0.3, 0.4) is 0 Å². The second kappa shape index (κ2) is 6.50. The highest BCUT2D eigenvalue weighted by Crippen LogP contribution is 2.14. The lowest BCUT2D eigenvalue weighted by Crippen LogP contribution is -2.18. The summed E-state index contributed by atoms with van der Waals surface area (Å²) in [7, 11) is 3.83. The van der Waals surface area contributed by atoms with Gasteiger partial charge in [0.05, 0.1) is 12.8 Å². The number of halogens is 1. The van der Waals surface area contributed by atoms with Crippen LogP contribution in [-0.4, -0.2) is 19.0 Å². The second-order valence-electron chi connectivity index (χ2n) is 4.71. The molecule has 1 aromatic carbocycles. The van der Waals surface area contributed by atoms with Crippen molar-refractivity contribution in [1.82, 2.24) is 10.2 Å². The molecule has 2 aromatic rings.